The molecule has 2 aromatic rings. The molecular formula is C24H35N3O5S+2. The summed E-state index contributed by atoms with van der Waals surface area (Å²) in [5.74, 6) is 0.628. The van der Waals surface area contributed by atoms with Crippen LogP contribution in [0.25, 0.3) is 11.1 Å². The van der Waals surface area contributed by atoms with E-state index in [4.69, 9.17) is 14.2 Å². The number of likely N-dealkylation sites (N-methyl/N-ethyl adjacent to an activating group) is 1. The number of benzene rings is 1. The van der Waals surface area contributed by atoms with Gasteiger partial charge in [-0.1, -0.05) is 6.07 Å². The van der Waals surface area contributed by atoms with Gasteiger partial charge in [0.2, 0.25) is 5.91 Å². The van der Waals surface area contributed by atoms with E-state index in [1.807, 2.05) is 17.5 Å². The summed E-state index contributed by atoms with van der Waals surface area (Å²) in [5.41, 5.74) is 1.85. The topological polar surface area (TPSA) is 82.7 Å². The zero-order chi connectivity index (χ0) is 23.8. The molecular weight excluding hydrogens is 442 g/mol. The van der Waals surface area contributed by atoms with Crippen LogP contribution < -0.4 is 24.6 Å². The third kappa shape index (κ3) is 6.25. The normalized spacial score (nSPS) is 17.9. The smallest absolute Gasteiger partial charge is 0.341 e. The number of anilines is 1. The van der Waals surface area contributed by atoms with E-state index in [0.717, 1.165) is 44.8 Å². The molecule has 0 saturated carbocycles. The Morgan fingerprint density at radius 3 is 2.36 bits per heavy atom. The Kier molecular flexibility index (Phi) is 9.11. The van der Waals surface area contributed by atoms with Gasteiger partial charge in [-0.3, -0.25) is 4.79 Å². The van der Waals surface area contributed by atoms with Crippen molar-refractivity contribution < 1.29 is 33.6 Å². The van der Waals surface area contributed by atoms with Crippen LogP contribution in [-0.4, -0.2) is 72.0 Å². The molecule has 33 heavy (non-hydrogen) atoms. The van der Waals surface area contributed by atoms with E-state index in [2.05, 4.69) is 12.2 Å². The van der Waals surface area contributed by atoms with Gasteiger partial charge in [0.05, 0.1) is 40.3 Å². The highest BCUT2D eigenvalue weighted by molar-refractivity contribution is 7.15. The van der Waals surface area contributed by atoms with Crippen molar-refractivity contribution in [3.8, 4) is 22.6 Å². The van der Waals surface area contributed by atoms with Crippen LogP contribution in [0.3, 0.4) is 0 Å². The molecule has 1 amide bonds. The van der Waals surface area contributed by atoms with Gasteiger partial charge in [0, 0.05) is 10.9 Å². The minimum absolute atomic E-state index is 0.0842. The van der Waals surface area contributed by atoms with E-state index < -0.39 is 5.97 Å². The van der Waals surface area contributed by atoms with E-state index in [1.165, 1.54) is 16.2 Å². The van der Waals surface area contributed by atoms with Crippen molar-refractivity contribution in [2.45, 2.75) is 20.3 Å². The van der Waals surface area contributed by atoms with Crippen LogP contribution in [0.4, 0.5) is 5.00 Å². The molecule has 0 radical (unpaired) electrons. The molecule has 2 heterocycles. The molecule has 1 fully saturated rings. The van der Waals surface area contributed by atoms with Crippen molar-refractivity contribution in [1.29, 1.82) is 0 Å². The maximum atomic E-state index is 12.8. The van der Waals surface area contributed by atoms with Crippen LogP contribution in [0.1, 0.15) is 30.6 Å². The third-order valence-corrected chi connectivity index (χ3v) is 6.98. The number of rotatable bonds is 10. The van der Waals surface area contributed by atoms with Crippen molar-refractivity contribution in [2.24, 2.45) is 0 Å². The number of methoxy groups -OCH3 is 2. The van der Waals surface area contributed by atoms with Gasteiger partial charge in [0.1, 0.15) is 36.7 Å². The Hall–Kier alpha value is -2.62. The Morgan fingerprint density at radius 1 is 1.03 bits per heavy atom. The molecule has 0 atom stereocenters. The van der Waals surface area contributed by atoms with Gasteiger partial charge in [0.15, 0.2) is 11.5 Å². The predicted molar refractivity (Wildman–Crippen MR) is 129 cm³/mol. The first kappa shape index (κ1) is 25.0. The molecule has 1 aliphatic heterocycles. The number of thiophene rings is 1. The van der Waals surface area contributed by atoms with Crippen molar-refractivity contribution in [2.75, 3.05) is 65.4 Å². The zero-order valence-corrected chi connectivity index (χ0v) is 20.7. The first-order chi connectivity index (χ1) is 16.0. The molecule has 0 aliphatic carbocycles. The first-order valence-corrected chi connectivity index (χ1v) is 12.4. The monoisotopic (exact) mass is 477 g/mol. The summed E-state index contributed by atoms with van der Waals surface area (Å²) in [5, 5.41) is 5.33. The third-order valence-electron chi connectivity index (χ3n) is 6.09. The SMILES string of the molecule is CCOC(=O)c1c(-c2ccc(OC)c(OC)c2)csc1NC(=O)CC[NH+]1CC[NH+](CC)CC1. The standard InChI is InChI=1S/C24H33N3O5S/c1-5-26-11-13-27(14-12-26)10-9-21(28)25-23-22(24(29)32-6-2)18(16-33-23)17-7-8-19(30-3)20(15-17)31-4/h7-8,15-16H,5-6,9-14H2,1-4H3,(H,25,28)/p+2. The second kappa shape index (κ2) is 12.0. The average Bonchev–Trinajstić information content (AvgIpc) is 3.26. The van der Waals surface area contributed by atoms with Crippen molar-refractivity contribution in [1.82, 2.24) is 0 Å². The van der Waals surface area contributed by atoms with Crippen molar-refractivity contribution in [3.05, 3.63) is 29.1 Å². The number of amides is 1. The lowest BCUT2D eigenvalue weighted by atomic mass is 10.0. The fourth-order valence-electron chi connectivity index (χ4n) is 4.11. The van der Waals surface area contributed by atoms with Crippen LogP contribution in [0, 0.1) is 0 Å². The second-order valence-corrected chi connectivity index (χ2v) is 8.93. The zero-order valence-electron chi connectivity index (χ0n) is 19.9. The number of piperazine rings is 1. The number of hydrogen-bond acceptors (Lipinski definition) is 6. The summed E-state index contributed by atoms with van der Waals surface area (Å²) < 4.78 is 16.0. The minimum atomic E-state index is -0.455. The predicted octanol–water partition coefficient (Wildman–Crippen LogP) is 0.741. The molecule has 0 bridgehead atoms. The highest BCUT2D eigenvalue weighted by Crippen LogP contribution is 2.39. The maximum absolute atomic E-state index is 12.8. The van der Waals surface area contributed by atoms with E-state index in [-0.39, 0.29) is 12.5 Å². The Labute approximate surface area is 199 Å². The molecule has 1 saturated heterocycles. The van der Waals surface area contributed by atoms with Crippen LogP contribution >= 0.6 is 11.3 Å². The number of nitrogens with one attached hydrogen (secondary N) is 3. The highest BCUT2D eigenvalue weighted by Gasteiger charge is 2.25. The van der Waals surface area contributed by atoms with Gasteiger partial charge < -0.3 is 29.3 Å². The molecule has 1 aromatic carbocycles. The number of esters is 1. The number of carbonyl (C=O) groups is 2. The van der Waals surface area contributed by atoms with Crippen LogP contribution in [0.2, 0.25) is 0 Å². The van der Waals surface area contributed by atoms with Crippen LogP contribution in [-0.2, 0) is 9.53 Å². The lowest BCUT2D eigenvalue weighted by Crippen LogP contribution is -3.28. The molecule has 3 rings (SSSR count). The van der Waals surface area contributed by atoms with Crippen molar-refractivity contribution >= 4 is 28.2 Å². The molecule has 3 N–H and O–H groups in total. The van der Waals surface area contributed by atoms with E-state index >= 15 is 0 Å². The lowest BCUT2D eigenvalue weighted by molar-refractivity contribution is -1.01. The molecule has 8 nitrogen and oxygen atoms in total. The number of carbonyl (C=O) groups excluding carboxylic acids is 2. The summed E-state index contributed by atoms with van der Waals surface area (Å²) in [6.07, 6.45) is 0.419. The molecule has 1 aromatic heterocycles. The van der Waals surface area contributed by atoms with Gasteiger partial charge >= 0.3 is 5.97 Å². The number of quaternary nitrogens is 2. The van der Waals surface area contributed by atoms with Crippen LogP contribution in [0.15, 0.2) is 23.6 Å². The Balaban J connectivity index is 1.75. The van der Waals surface area contributed by atoms with Gasteiger partial charge in [-0.15, -0.1) is 11.3 Å². The molecule has 1 aliphatic rings. The summed E-state index contributed by atoms with van der Waals surface area (Å²) >= 11 is 1.33. The fraction of sp³-hybridized carbons (Fsp3) is 0.500. The van der Waals surface area contributed by atoms with E-state index in [1.54, 1.807) is 32.1 Å². The summed E-state index contributed by atoms with van der Waals surface area (Å²) in [6.45, 7) is 10.7. The van der Waals surface area contributed by atoms with Gasteiger partial charge in [-0.25, -0.2) is 4.79 Å². The summed E-state index contributed by atoms with van der Waals surface area (Å²) in [6, 6.07) is 5.47. The lowest BCUT2D eigenvalue weighted by Gasteiger charge is -2.28. The van der Waals surface area contributed by atoms with Crippen molar-refractivity contribution in [3.63, 3.8) is 0 Å². The highest BCUT2D eigenvalue weighted by atomic mass is 32.1. The number of hydrogen-bond donors (Lipinski definition) is 3. The maximum Gasteiger partial charge on any atom is 0.341 e. The minimum Gasteiger partial charge on any atom is -0.493 e. The van der Waals surface area contributed by atoms with E-state index in [0.29, 0.717) is 34.0 Å². The van der Waals surface area contributed by atoms with Gasteiger partial charge in [-0.2, -0.15) is 0 Å². The first-order valence-electron chi connectivity index (χ1n) is 11.5. The fourth-order valence-corrected chi connectivity index (χ4v) is 5.09. The number of ether oxygens (including phenoxy) is 3. The van der Waals surface area contributed by atoms with Crippen LogP contribution in [0.5, 0.6) is 11.5 Å². The molecule has 180 valence electrons. The summed E-state index contributed by atoms with van der Waals surface area (Å²) in [7, 11) is 3.14. The molecule has 9 heteroatoms. The average molecular weight is 478 g/mol. The Morgan fingerprint density at radius 2 is 1.73 bits per heavy atom. The summed E-state index contributed by atoms with van der Waals surface area (Å²) in [4.78, 5) is 28.6. The van der Waals surface area contributed by atoms with Gasteiger partial charge in [0.25, 0.3) is 0 Å². The van der Waals surface area contributed by atoms with E-state index in [9.17, 15) is 9.59 Å². The molecule has 0 spiro atoms. The Bertz CT molecular complexity index is 954. The second-order valence-electron chi connectivity index (χ2n) is 8.05. The quantitative estimate of drug-likeness (QED) is 0.440. The molecule has 0 unspecified atom stereocenters. The largest absolute Gasteiger partial charge is 0.493 e. The van der Waals surface area contributed by atoms with Gasteiger partial charge in [-0.05, 0) is 31.5 Å².